The van der Waals surface area contributed by atoms with E-state index in [4.69, 9.17) is 0 Å². The summed E-state index contributed by atoms with van der Waals surface area (Å²) in [4.78, 5) is 0. The Labute approximate surface area is 260 Å². The second kappa shape index (κ2) is 14.3. The van der Waals surface area contributed by atoms with Crippen molar-refractivity contribution in [1.29, 1.82) is 0 Å². The van der Waals surface area contributed by atoms with E-state index in [0.29, 0.717) is 0 Å². The summed E-state index contributed by atoms with van der Waals surface area (Å²) in [6.45, 7) is 6.77. The van der Waals surface area contributed by atoms with Crippen LogP contribution in [0, 0.1) is 6.92 Å². The molecule has 0 bridgehead atoms. The Hall–Kier alpha value is -2.44. The summed E-state index contributed by atoms with van der Waals surface area (Å²) in [6.07, 6.45) is 10.0. The van der Waals surface area contributed by atoms with Crippen LogP contribution in [0.4, 0.5) is 0 Å². The quantitative estimate of drug-likeness (QED) is 0.263. The summed E-state index contributed by atoms with van der Waals surface area (Å²) in [5.41, 5.74) is 9.98. The van der Waals surface area contributed by atoms with Gasteiger partial charge in [-0.2, -0.15) is 0 Å². The van der Waals surface area contributed by atoms with Crippen LogP contribution in [-0.2, 0) is 37.1 Å². The molecule has 0 saturated heterocycles. The van der Waals surface area contributed by atoms with Crippen molar-refractivity contribution in [2.24, 2.45) is 0 Å². The van der Waals surface area contributed by atoms with Gasteiger partial charge >= 0.3 is 99.2 Å². The van der Waals surface area contributed by atoms with Crippen LogP contribution in [0.15, 0.2) is 109 Å². The molecule has 0 aliphatic heterocycles. The molecule has 0 N–H and O–H groups in total. The minimum absolute atomic E-state index is 0. The molecule has 6 rings (SSSR count). The first-order valence-electron chi connectivity index (χ1n) is 13.3. The van der Waals surface area contributed by atoms with Gasteiger partial charge in [-0.25, -0.2) is 0 Å². The van der Waals surface area contributed by atoms with Gasteiger partial charge in [-0.3, -0.25) is 0 Å². The normalized spacial score (nSPS) is 11.9. The molecule has 0 aromatic heterocycles. The van der Waals surface area contributed by atoms with Gasteiger partial charge in [-0.1, -0.05) is 78.1 Å². The van der Waals surface area contributed by atoms with Crippen LogP contribution in [0.3, 0.4) is 0 Å². The Kier molecular flexibility index (Phi) is 11.4. The van der Waals surface area contributed by atoms with E-state index in [1.165, 1.54) is 87.9 Å². The molecule has 0 amide bonds. The van der Waals surface area contributed by atoms with Gasteiger partial charge < -0.3 is 24.8 Å². The molecule has 5 aromatic carbocycles. The topological polar surface area (TPSA) is 0 Å². The van der Waals surface area contributed by atoms with E-state index in [0.717, 1.165) is 19.3 Å². The molecule has 1 aliphatic carbocycles. The van der Waals surface area contributed by atoms with Gasteiger partial charge in [0.05, 0.1) is 0 Å². The second-order valence-corrected chi connectivity index (χ2v) is 10.9. The van der Waals surface area contributed by atoms with E-state index in [1.54, 1.807) is 0 Å². The summed E-state index contributed by atoms with van der Waals surface area (Å²) < 4.78 is 1.42. The van der Waals surface area contributed by atoms with E-state index >= 15 is 0 Å². The SMILES string of the molecule is CCc1ccc2c(c1)[cH-]c1c(C3=CC=CC3)c(CC)c(C)cc12.[Cl-].[Cl-].[Zr+2]=[C](c1ccccc1)c1ccccc1. The molecular weight excluding hydrogens is 595 g/mol. The van der Waals surface area contributed by atoms with Crippen LogP contribution in [0.1, 0.15) is 53.6 Å². The number of allylic oxidation sites excluding steroid dienone is 4. The fourth-order valence-corrected chi connectivity index (χ4v) is 6.25. The van der Waals surface area contributed by atoms with Crippen LogP contribution >= 0.6 is 0 Å². The summed E-state index contributed by atoms with van der Waals surface area (Å²) in [6, 6.07) is 32.9. The van der Waals surface area contributed by atoms with Crippen molar-refractivity contribution < 1.29 is 49.0 Å². The number of halogens is 2. The van der Waals surface area contributed by atoms with E-state index in [9.17, 15) is 0 Å². The molecule has 0 heterocycles. The van der Waals surface area contributed by atoms with Crippen LogP contribution in [-0.4, -0.2) is 3.21 Å². The predicted molar refractivity (Wildman–Crippen MR) is 158 cm³/mol. The zero-order chi connectivity index (χ0) is 25.8. The number of benzene rings is 4. The van der Waals surface area contributed by atoms with Crippen LogP contribution in [0.5, 0.6) is 0 Å². The first-order chi connectivity index (χ1) is 18.1. The van der Waals surface area contributed by atoms with Gasteiger partial charge in [0.25, 0.3) is 0 Å². The van der Waals surface area contributed by atoms with E-state index in [-0.39, 0.29) is 24.8 Å². The number of aryl methyl sites for hydroxylation is 2. The van der Waals surface area contributed by atoms with Gasteiger partial charge in [0.2, 0.25) is 0 Å². The average molecular weight is 628 g/mol. The first kappa shape index (κ1) is 31.1. The summed E-state index contributed by atoms with van der Waals surface area (Å²) in [7, 11) is 0. The van der Waals surface area contributed by atoms with Gasteiger partial charge in [0, 0.05) is 0 Å². The van der Waals surface area contributed by atoms with E-state index in [2.05, 4.69) is 130 Å². The van der Waals surface area contributed by atoms with E-state index in [1.807, 2.05) is 0 Å². The molecule has 0 atom stereocenters. The predicted octanol–water partition coefficient (Wildman–Crippen LogP) is 3.30. The molecule has 0 radical (unpaired) electrons. The molecule has 0 unspecified atom stereocenters. The van der Waals surface area contributed by atoms with Crippen molar-refractivity contribution in [3.63, 3.8) is 0 Å². The Morgan fingerprint density at radius 2 is 1.44 bits per heavy atom. The monoisotopic (exact) mass is 625 g/mol. The third-order valence-electron chi connectivity index (χ3n) is 7.38. The van der Waals surface area contributed by atoms with Crippen molar-refractivity contribution in [3.8, 4) is 0 Å². The molecule has 39 heavy (non-hydrogen) atoms. The fraction of sp³-hybridized carbons (Fsp3) is 0.167. The van der Waals surface area contributed by atoms with Gasteiger partial charge in [-0.05, 0) is 26.2 Å². The molecule has 0 nitrogen and oxygen atoms in total. The number of rotatable bonds is 5. The number of hydrogen-bond donors (Lipinski definition) is 0. The second-order valence-electron chi connectivity index (χ2n) is 9.71. The standard InChI is InChI=1S/C23H23.C13H10.2ClH.Zr/c1-4-16-10-11-20-18(13-16)14-22-21(20)12-15(3)19(5-2)23(22)17-8-6-7-9-17;1-3-7-12(8-4-1)11-13-9-5-2-6-10-13;;;/h6-8,10-14H,4-5,9H2,1-3H3;1-10H;2*1H;/q-1;;;;+2/p-2. The van der Waals surface area contributed by atoms with Gasteiger partial charge in [-0.15, -0.1) is 33.7 Å². The Morgan fingerprint density at radius 1 is 0.795 bits per heavy atom. The summed E-state index contributed by atoms with van der Waals surface area (Å²) in [5.74, 6) is 0. The maximum absolute atomic E-state index is 2.41. The van der Waals surface area contributed by atoms with Gasteiger partial charge in [0.15, 0.2) is 0 Å². The molecule has 0 saturated carbocycles. The van der Waals surface area contributed by atoms with E-state index < -0.39 is 0 Å². The molecule has 1 aliphatic rings. The average Bonchev–Trinajstić information content (AvgIpc) is 3.61. The summed E-state index contributed by atoms with van der Waals surface area (Å²) >= 11 is 1.46. The zero-order valence-electron chi connectivity index (χ0n) is 22.8. The van der Waals surface area contributed by atoms with Crippen molar-refractivity contribution >= 4 is 30.3 Å². The van der Waals surface area contributed by atoms with Crippen LogP contribution in [0.25, 0.3) is 27.1 Å². The number of hydrogen-bond acceptors (Lipinski definition) is 0. The Morgan fingerprint density at radius 3 is 1.97 bits per heavy atom. The fourth-order valence-electron chi connectivity index (χ4n) is 5.43. The molecular formula is C36H33Cl2Zr-. The third-order valence-corrected chi connectivity index (χ3v) is 8.80. The molecule has 196 valence electrons. The molecule has 5 aromatic rings. The van der Waals surface area contributed by atoms with Crippen molar-refractivity contribution in [2.45, 2.75) is 40.0 Å². The van der Waals surface area contributed by atoms with Crippen molar-refractivity contribution in [1.82, 2.24) is 0 Å². The Balaban J connectivity index is 0.000000228. The zero-order valence-corrected chi connectivity index (χ0v) is 26.7. The Bertz CT molecular complexity index is 1580. The molecule has 3 heteroatoms. The summed E-state index contributed by atoms with van der Waals surface area (Å²) in [5, 5.41) is 5.64. The van der Waals surface area contributed by atoms with Crippen molar-refractivity contribution in [3.05, 3.63) is 143 Å². The maximum atomic E-state index is 2.41. The van der Waals surface area contributed by atoms with Crippen LogP contribution in [0.2, 0.25) is 0 Å². The third kappa shape index (κ3) is 6.66. The minimum atomic E-state index is 0. The first-order valence-corrected chi connectivity index (χ1v) is 14.5. The van der Waals surface area contributed by atoms with Crippen LogP contribution < -0.4 is 24.8 Å². The molecule has 0 spiro atoms. The molecule has 0 fully saturated rings. The number of fused-ring (bicyclic) bond motifs is 3. The van der Waals surface area contributed by atoms with Gasteiger partial charge in [0.1, 0.15) is 0 Å². The van der Waals surface area contributed by atoms with Crippen molar-refractivity contribution in [2.75, 3.05) is 0 Å².